The van der Waals surface area contributed by atoms with Gasteiger partial charge in [-0.05, 0) is 27.3 Å². The van der Waals surface area contributed by atoms with Crippen molar-refractivity contribution < 1.29 is 9.53 Å². The van der Waals surface area contributed by atoms with Gasteiger partial charge in [0, 0.05) is 19.7 Å². The lowest BCUT2D eigenvalue weighted by Gasteiger charge is -2.09. The van der Waals surface area contributed by atoms with Crippen LogP contribution in [0.5, 0.6) is 0 Å². The van der Waals surface area contributed by atoms with Gasteiger partial charge in [-0.2, -0.15) is 0 Å². The van der Waals surface area contributed by atoms with Gasteiger partial charge in [-0.3, -0.25) is 0 Å². The van der Waals surface area contributed by atoms with Crippen molar-refractivity contribution in [1.82, 2.24) is 4.90 Å². The second-order valence-electron chi connectivity index (χ2n) is 2.86. The fraction of sp³-hybridized carbons (Fsp3) is 0.933. The van der Waals surface area contributed by atoms with Gasteiger partial charge in [-0.25, -0.2) is 0 Å². The molecule has 3 heteroatoms. The second kappa shape index (κ2) is 30.0. The van der Waals surface area contributed by atoms with Gasteiger partial charge in [-0.15, -0.1) is 0 Å². The first-order chi connectivity index (χ1) is 8.74. The molecule has 1 atom stereocenters. The zero-order chi connectivity index (χ0) is 15.4. The minimum Gasteiger partial charge on any atom is -0.377 e. The fourth-order valence-electron chi connectivity index (χ4n) is 1.27. The highest BCUT2D eigenvalue weighted by atomic mass is 16.5. The smallest absolute Gasteiger partial charge is 0.116 e. The Morgan fingerprint density at radius 2 is 1.56 bits per heavy atom. The third-order valence-corrected chi connectivity index (χ3v) is 1.75. The molecule has 0 N–H and O–H groups in total. The molecule has 1 saturated heterocycles. The van der Waals surface area contributed by atoms with E-state index >= 15 is 0 Å². The molecule has 0 aromatic rings. The number of ether oxygens (including phenoxy) is 1. The van der Waals surface area contributed by atoms with Crippen LogP contribution in [0.25, 0.3) is 0 Å². The van der Waals surface area contributed by atoms with Crippen molar-refractivity contribution in [1.29, 1.82) is 0 Å². The van der Waals surface area contributed by atoms with Gasteiger partial charge >= 0.3 is 0 Å². The molecule has 0 aromatic heterocycles. The Morgan fingerprint density at radius 1 is 1.17 bits per heavy atom. The third kappa shape index (κ3) is 24.7. The number of aldehydes is 1. The van der Waals surface area contributed by atoms with Gasteiger partial charge in [0.05, 0.1) is 6.10 Å². The Kier molecular flexibility index (Phi) is 43.7. The molecular weight excluding hydrogens is 226 g/mol. The predicted molar refractivity (Wildman–Crippen MR) is 83.3 cm³/mol. The summed E-state index contributed by atoms with van der Waals surface area (Å²) in [4.78, 5) is 11.1. The van der Waals surface area contributed by atoms with Crippen LogP contribution in [0.2, 0.25) is 0 Å². The standard InChI is InChI=1S/C7H15NO.C2H4O.3C2H6/c1-3-9-7-4-5-8(2)6-7;1-2-3;3*1-2/h7H,3-6H2,1-2H3;2H,1H3;3*1-2H3. The van der Waals surface area contributed by atoms with Gasteiger partial charge in [0.15, 0.2) is 0 Å². The summed E-state index contributed by atoms with van der Waals surface area (Å²) in [6.45, 7) is 18.7. The van der Waals surface area contributed by atoms with Crippen molar-refractivity contribution in [2.24, 2.45) is 0 Å². The summed E-state index contributed by atoms with van der Waals surface area (Å²) in [5.41, 5.74) is 0. The second-order valence-corrected chi connectivity index (χ2v) is 2.86. The van der Waals surface area contributed by atoms with Crippen molar-refractivity contribution in [2.75, 3.05) is 26.7 Å². The minimum atomic E-state index is 0.514. The number of likely N-dealkylation sites (N-methyl/N-ethyl adjacent to an activating group) is 1. The van der Waals surface area contributed by atoms with Crippen molar-refractivity contribution in [3.63, 3.8) is 0 Å². The Labute approximate surface area is 116 Å². The van der Waals surface area contributed by atoms with Gasteiger partial charge in [0.25, 0.3) is 0 Å². The molecule has 0 aromatic carbocycles. The Morgan fingerprint density at radius 3 is 1.78 bits per heavy atom. The van der Waals surface area contributed by atoms with Gasteiger partial charge in [-0.1, -0.05) is 41.5 Å². The lowest BCUT2D eigenvalue weighted by molar-refractivity contribution is -0.106. The number of rotatable bonds is 2. The first-order valence-corrected chi connectivity index (χ1v) is 7.44. The van der Waals surface area contributed by atoms with Crippen molar-refractivity contribution >= 4 is 6.29 Å². The number of carbonyl (C=O) groups is 1. The SMILES string of the molecule is CC.CC.CC.CC=O.CCOC1CCN(C)C1. The van der Waals surface area contributed by atoms with E-state index in [0.29, 0.717) is 6.10 Å². The number of hydrogen-bond donors (Lipinski definition) is 0. The molecular formula is C15H37NO2. The molecule has 1 unspecified atom stereocenters. The van der Waals surface area contributed by atoms with Gasteiger partial charge in [0.2, 0.25) is 0 Å². The summed E-state index contributed by atoms with van der Waals surface area (Å²) < 4.78 is 5.43. The normalized spacial score (nSPS) is 16.4. The summed E-state index contributed by atoms with van der Waals surface area (Å²) in [5, 5.41) is 0. The maximum absolute atomic E-state index is 8.81. The van der Waals surface area contributed by atoms with E-state index in [9.17, 15) is 0 Å². The fourth-order valence-corrected chi connectivity index (χ4v) is 1.27. The van der Waals surface area contributed by atoms with Crippen LogP contribution in [0.15, 0.2) is 0 Å². The van der Waals surface area contributed by atoms with Crippen LogP contribution in [0.4, 0.5) is 0 Å². The highest BCUT2D eigenvalue weighted by molar-refractivity contribution is 5.44. The molecule has 18 heavy (non-hydrogen) atoms. The number of carbonyl (C=O) groups excluding carboxylic acids is 1. The molecule has 0 aliphatic carbocycles. The molecule has 0 radical (unpaired) electrons. The first kappa shape index (κ1) is 26.2. The maximum Gasteiger partial charge on any atom is 0.116 e. The average Bonchev–Trinajstić information content (AvgIpc) is 2.84. The maximum atomic E-state index is 8.81. The van der Waals surface area contributed by atoms with Crippen LogP contribution in [0, 0.1) is 0 Å². The molecule has 3 nitrogen and oxygen atoms in total. The van der Waals surface area contributed by atoms with Crippen LogP contribution in [-0.4, -0.2) is 44.0 Å². The predicted octanol–water partition coefficient (Wildman–Crippen LogP) is 4.01. The van der Waals surface area contributed by atoms with Crippen LogP contribution in [0.3, 0.4) is 0 Å². The number of hydrogen-bond acceptors (Lipinski definition) is 3. The monoisotopic (exact) mass is 263 g/mol. The van der Waals surface area contributed by atoms with E-state index in [-0.39, 0.29) is 0 Å². The summed E-state index contributed by atoms with van der Waals surface area (Å²) >= 11 is 0. The molecule has 0 amide bonds. The Bertz CT molecular complexity index is 117. The zero-order valence-corrected chi connectivity index (χ0v) is 14.2. The molecule has 1 aliphatic heterocycles. The van der Waals surface area contributed by atoms with Crippen molar-refractivity contribution in [3.05, 3.63) is 0 Å². The molecule has 0 bridgehead atoms. The van der Waals surface area contributed by atoms with Crippen LogP contribution in [0.1, 0.15) is 61.8 Å². The van der Waals surface area contributed by atoms with E-state index in [1.54, 1.807) is 0 Å². The topological polar surface area (TPSA) is 29.5 Å². The molecule has 1 fully saturated rings. The largest absolute Gasteiger partial charge is 0.377 e. The van der Waals surface area contributed by atoms with E-state index in [4.69, 9.17) is 9.53 Å². The summed E-state index contributed by atoms with van der Waals surface area (Å²) in [6, 6.07) is 0. The van der Waals surface area contributed by atoms with Crippen LogP contribution in [-0.2, 0) is 9.53 Å². The van der Waals surface area contributed by atoms with Crippen molar-refractivity contribution in [3.8, 4) is 0 Å². The van der Waals surface area contributed by atoms with Gasteiger partial charge < -0.3 is 14.4 Å². The van der Waals surface area contributed by atoms with Gasteiger partial charge in [0.1, 0.15) is 6.29 Å². The molecule has 114 valence electrons. The minimum absolute atomic E-state index is 0.514. The molecule has 0 spiro atoms. The molecule has 1 rings (SSSR count). The summed E-state index contributed by atoms with van der Waals surface area (Å²) in [5.74, 6) is 0. The highest BCUT2D eigenvalue weighted by Gasteiger charge is 2.18. The van der Waals surface area contributed by atoms with E-state index in [1.807, 2.05) is 41.5 Å². The summed E-state index contributed by atoms with van der Waals surface area (Å²) in [7, 11) is 2.14. The third-order valence-electron chi connectivity index (χ3n) is 1.75. The van der Waals surface area contributed by atoms with E-state index in [0.717, 1.165) is 19.4 Å². The Hall–Kier alpha value is -0.410. The quantitative estimate of drug-likeness (QED) is 0.705. The molecule has 1 heterocycles. The van der Waals surface area contributed by atoms with E-state index < -0.39 is 0 Å². The summed E-state index contributed by atoms with van der Waals surface area (Å²) in [6.07, 6.45) is 2.48. The molecule has 0 saturated carbocycles. The van der Waals surface area contributed by atoms with E-state index in [1.165, 1.54) is 19.9 Å². The number of likely N-dealkylation sites (tertiary alicyclic amines) is 1. The molecule has 1 aliphatic rings. The van der Waals surface area contributed by atoms with Crippen LogP contribution >= 0.6 is 0 Å². The lowest BCUT2D eigenvalue weighted by atomic mass is 10.3. The highest BCUT2D eigenvalue weighted by Crippen LogP contribution is 2.09. The zero-order valence-electron chi connectivity index (χ0n) is 14.2. The van der Waals surface area contributed by atoms with Crippen LogP contribution < -0.4 is 0 Å². The first-order valence-electron chi connectivity index (χ1n) is 7.44. The average molecular weight is 263 g/mol. The number of nitrogens with zero attached hydrogens (tertiary/aromatic N) is 1. The van der Waals surface area contributed by atoms with Crippen molar-refractivity contribution in [2.45, 2.75) is 67.9 Å². The van der Waals surface area contributed by atoms with E-state index in [2.05, 4.69) is 18.9 Å². The Balaban J connectivity index is -0.0000000925. The lowest BCUT2D eigenvalue weighted by Crippen LogP contribution is -2.18.